The highest BCUT2D eigenvalue weighted by Crippen LogP contribution is 2.24. The maximum atomic E-state index is 12.4. The van der Waals surface area contributed by atoms with Crippen molar-refractivity contribution in [1.29, 1.82) is 0 Å². The molecule has 0 spiro atoms. The molecule has 0 radical (unpaired) electrons. The minimum absolute atomic E-state index is 0.0591. The molecule has 0 aromatic heterocycles. The lowest BCUT2D eigenvalue weighted by atomic mass is 9.99. The van der Waals surface area contributed by atoms with Crippen molar-refractivity contribution in [3.05, 3.63) is 29.8 Å². The monoisotopic (exact) mass is 285 g/mol. The number of hydrogen-bond donors (Lipinski definition) is 2. The highest BCUT2D eigenvalue weighted by atomic mass is 16.2. The summed E-state index contributed by atoms with van der Waals surface area (Å²) in [4.78, 5) is 12.4. The fourth-order valence-electron chi connectivity index (χ4n) is 2.69. The Hall–Kier alpha value is -1.79. The van der Waals surface area contributed by atoms with Gasteiger partial charge in [-0.25, -0.2) is 0 Å². The first kappa shape index (κ1) is 15.6. The van der Waals surface area contributed by atoms with Gasteiger partial charge in [0, 0.05) is 17.9 Å². The smallest absolute Gasteiger partial charge is 0.227 e. The minimum Gasteiger partial charge on any atom is -0.395 e. The lowest BCUT2D eigenvalue weighted by Crippen LogP contribution is -2.22. The van der Waals surface area contributed by atoms with Gasteiger partial charge in [0.1, 0.15) is 0 Å². The Kier molecular flexibility index (Phi) is 6.30. The van der Waals surface area contributed by atoms with Crippen LogP contribution in [0, 0.1) is 17.8 Å². The molecule has 3 nitrogen and oxygen atoms in total. The molecule has 0 saturated heterocycles. The predicted octanol–water partition coefficient (Wildman–Crippen LogP) is 3.33. The Morgan fingerprint density at radius 3 is 2.62 bits per heavy atom. The topological polar surface area (TPSA) is 49.3 Å². The fraction of sp³-hybridized carbons (Fsp3) is 0.500. The van der Waals surface area contributed by atoms with E-state index in [-0.39, 0.29) is 18.4 Å². The molecule has 1 fully saturated rings. The van der Waals surface area contributed by atoms with E-state index in [1.165, 1.54) is 12.8 Å². The van der Waals surface area contributed by atoms with Crippen molar-refractivity contribution < 1.29 is 9.90 Å². The van der Waals surface area contributed by atoms with E-state index < -0.39 is 0 Å². The van der Waals surface area contributed by atoms with Gasteiger partial charge in [-0.05, 0) is 25.0 Å². The number of benzene rings is 1. The second-order valence-corrected chi connectivity index (χ2v) is 5.50. The summed E-state index contributed by atoms with van der Waals surface area (Å²) < 4.78 is 0. The van der Waals surface area contributed by atoms with Crippen molar-refractivity contribution >= 4 is 11.6 Å². The van der Waals surface area contributed by atoms with Crippen molar-refractivity contribution in [2.24, 2.45) is 5.92 Å². The Balaban J connectivity index is 2.04. The van der Waals surface area contributed by atoms with Gasteiger partial charge in [0.2, 0.25) is 5.91 Å². The summed E-state index contributed by atoms with van der Waals surface area (Å²) in [5.41, 5.74) is 1.59. The molecular weight excluding hydrogens is 262 g/mol. The van der Waals surface area contributed by atoms with Crippen molar-refractivity contribution in [3.8, 4) is 11.8 Å². The number of carbonyl (C=O) groups excluding carboxylic acids is 1. The molecule has 0 aliphatic heterocycles. The third-order valence-electron chi connectivity index (χ3n) is 3.87. The van der Waals surface area contributed by atoms with Crippen LogP contribution in [0.15, 0.2) is 24.3 Å². The first-order chi connectivity index (χ1) is 10.3. The molecule has 112 valence electrons. The standard InChI is InChI=1S/C18H23NO2/c20-14-8-7-10-15-9-5-6-13-17(15)19-18(21)16-11-3-1-2-4-12-16/h5-6,9,13,16,20H,1-4,8,11-12,14H2,(H,19,21). The van der Waals surface area contributed by atoms with E-state index in [1.54, 1.807) is 0 Å². The van der Waals surface area contributed by atoms with Crippen LogP contribution in [-0.4, -0.2) is 17.6 Å². The second kappa shape index (κ2) is 8.49. The van der Waals surface area contributed by atoms with E-state index in [0.717, 1.165) is 36.9 Å². The molecule has 2 rings (SSSR count). The largest absolute Gasteiger partial charge is 0.395 e. The first-order valence-electron chi connectivity index (χ1n) is 7.81. The molecule has 1 amide bonds. The summed E-state index contributed by atoms with van der Waals surface area (Å²) in [6.45, 7) is 0.0591. The van der Waals surface area contributed by atoms with Gasteiger partial charge in [0.15, 0.2) is 0 Å². The third-order valence-corrected chi connectivity index (χ3v) is 3.87. The van der Waals surface area contributed by atoms with E-state index >= 15 is 0 Å². The highest BCUT2D eigenvalue weighted by molar-refractivity contribution is 5.93. The lowest BCUT2D eigenvalue weighted by molar-refractivity contribution is -0.120. The molecule has 2 N–H and O–H groups in total. The zero-order valence-corrected chi connectivity index (χ0v) is 12.4. The molecule has 0 unspecified atom stereocenters. The molecule has 1 saturated carbocycles. The number of hydrogen-bond acceptors (Lipinski definition) is 2. The normalized spacial score (nSPS) is 15.7. The summed E-state index contributed by atoms with van der Waals surface area (Å²) in [6, 6.07) is 7.59. The molecule has 0 atom stereocenters. The van der Waals surface area contributed by atoms with Crippen LogP contribution in [0.5, 0.6) is 0 Å². The second-order valence-electron chi connectivity index (χ2n) is 5.50. The molecule has 0 heterocycles. The van der Waals surface area contributed by atoms with Crippen molar-refractivity contribution in [1.82, 2.24) is 0 Å². The average molecular weight is 285 g/mol. The van der Waals surface area contributed by atoms with Crippen molar-refractivity contribution in [2.75, 3.05) is 11.9 Å². The summed E-state index contributed by atoms with van der Waals surface area (Å²) in [5.74, 6) is 6.16. The van der Waals surface area contributed by atoms with Crippen molar-refractivity contribution in [3.63, 3.8) is 0 Å². The summed E-state index contributed by atoms with van der Waals surface area (Å²) >= 11 is 0. The number of amides is 1. The van der Waals surface area contributed by atoms with E-state index in [9.17, 15) is 4.79 Å². The number of carbonyl (C=O) groups is 1. The molecule has 1 aliphatic rings. The molecule has 3 heteroatoms. The first-order valence-corrected chi connectivity index (χ1v) is 7.81. The van der Waals surface area contributed by atoms with Gasteiger partial charge in [-0.3, -0.25) is 4.79 Å². The zero-order valence-electron chi connectivity index (χ0n) is 12.4. The zero-order chi connectivity index (χ0) is 14.9. The van der Waals surface area contributed by atoms with Gasteiger partial charge in [0.05, 0.1) is 12.3 Å². The summed E-state index contributed by atoms with van der Waals surface area (Å²) in [6.07, 6.45) is 7.21. The third kappa shape index (κ3) is 4.91. The summed E-state index contributed by atoms with van der Waals surface area (Å²) in [7, 11) is 0. The van der Waals surface area contributed by atoms with Crippen LogP contribution in [0.4, 0.5) is 5.69 Å². The van der Waals surface area contributed by atoms with Crippen molar-refractivity contribution in [2.45, 2.75) is 44.9 Å². The minimum atomic E-state index is 0.0591. The van der Waals surface area contributed by atoms with Crippen LogP contribution >= 0.6 is 0 Å². The molecule has 1 aromatic rings. The number of para-hydroxylation sites is 1. The molecule has 1 aliphatic carbocycles. The van der Waals surface area contributed by atoms with Gasteiger partial charge in [-0.15, -0.1) is 0 Å². The van der Waals surface area contributed by atoms with E-state index in [0.29, 0.717) is 6.42 Å². The molecule has 0 bridgehead atoms. The highest BCUT2D eigenvalue weighted by Gasteiger charge is 2.20. The molecular formula is C18H23NO2. The van der Waals surface area contributed by atoms with Crippen LogP contribution in [0.25, 0.3) is 0 Å². The predicted molar refractivity (Wildman–Crippen MR) is 84.8 cm³/mol. The van der Waals surface area contributed by atoms with Crippen LogP contribution < -0.4 is 5.32 Å². The van der Waals surface area contributed by atoms with Crippen LogP contribution in [0.1, 0.15) is 50.5 Å². The fourth-order valence-corrected chi connectivity index (χ4v) is 2.69. The van der Waals surface area contributed by atoms with Crippen LogP contribution in [0.3, 0.4) is 0 Å². The van der Waals surface area contributed by atoms with Gasteiger partial charge in [0.25, 0.3) is 0 Å². The maximum Gasteiger partial charge on any atom is 0.227 e. The lowest BCUT2D eigenvalue weighted by Gasteiger charge is -2.15. The Bertz CT molecular complexity index is 520. The maximum absolute atomic E-state index is 12.4. The number of aliphatic hydroxyl groups excluding tert-OH is 1. The Labute approximate surface area is 126 Å². The van der Waals surface area contributed by atoms with Gasteiger partial charge in [-0.2, -0.15) is 0 Å². The van der Waals surface area contributed by atoms with Gasteiger partial charge in [-0.1, -0.05) is 49.7 Å². The van der Waals surface area contributed by atoms with E-state index in [1.807, 2.05) is 24.3 Å². The summed E-state index contributed by atoms with van der Waals surface area (Å²) in [5, 5.41) is 11.8. The Morgan fingerprint density at radius 2 is 1.90 bits per heavy atom. The molecule has 21 heavy (non-hydrogen) atoms. The SMILES string of the molecule is O=C(Nc1ccccc1C#CCCO)C1CCCCCC1. The number of aliphatic hydroxyl groups is 1. The number of nitrogens with one attached hydrogen (secondary N) is 1. The van der Waals surface area contributed by atoms with Crippen LogP contribution in [-0.2, 0) is 4.79 Å². The average Bonchev–Trinajstić information content (AvgIpc) is 2.78. The number of rotatable bonds is 3. The molecule has 1 aromatic carbocycles. The van der Waals surface area contributed by atoms with E-state index in [2.05, 4.69) is 17.2 Å². The van der Waals surface area contributed by atoms with Gasteiger partial charge < -0.3 is 10.4 Å². The van der Waals surface area contributed by atoms with Crippen LogP contribution in [0.2, 0.25) is 0 Å². The van der Waals surface area contributed by atoms with E-state index in [4.69, 9.17) is 5.11 Å². The Morgan fingerprint density at radius 1 is 1.19 bits per heavy atom. The quantitative estimate of drug-likeness (QED) is 0.661. The van der Waals surface area contributed by atoms with Gasteiger partial charge >= 0.3 is 0 Å². The number of anilines is 1.